The lowest BCUT2D eigenvalue weighted by Crippen LogP contribution is -2.44. The second kappa shape index (κ2) is 7.97. The number of benzene rings is 1. The highest BCUT2D eigenvalue weighted by atomic mass is 32.1. The molecule has 1 aromatic carbocycles. The second-order valence-corrected chi connectivity index (χ2v) is 6.80. The summed E-state index contributed by atoms with van der Waals surface area (Å²) in [6.45, 7) is 4.16. The molecule has 0 fully saturated rings. The Labute approximate surface area is 154 Å². The number of fused-ring (bicyclic) bond motifs is 1. The normalized spacial score (nSPS) is 10.8. The van der Waals surface area contributed by atoms with Crippen molar-refractivity contribution in [2.24, 2.45) is 0 Å². The van der Waals surface area contributed by atoms with Crippen molar-refractivity contribution in [3.8, 4) is 0 Å². The van der Waals surface area contributed by atoms with E-state index in [0.29, 0.717) is 17.6 Å². The molecule has 7 heteroatoms. The summed E-state index contributed by atoms with van der Waals surface area (Å²) in [7, 11) is 0. The van der Waals surface area contributed by atoms with E-state index >= 15 is 0 Å². The third kappa shape index (κ3) is 3.67. The predicted octanol–water partition coefficient (Wildman–Crippen LogP) is 1.77. The van der Waals surface area contributed by atoms with E-state index in [-0.39, 0.29) is 19.0 Å². The van der Waals surface area contributed by atoms with Gasteiger partial charge in [-0.3, -0.25) is 23.5 Å². The monoisotopic (exact) mass is 369 g/mol. The van der Waals surface area contributed by atoms with Gasteiger partial charge in [0.2, 0.25) is 5.91 Å². The Bertz CT molecular complexity index is 1050. The third-order valence-corrected chi connectivity index (χ3v) is 4.96. The van der Waals surface area contributed by atoms with Gasteiger partial charge in [0, 0.05) is 18.0 Å². The van der Waals surface area contributed by atoms with Crippen molar-refractivity contribution < 1.29 is 4.79 Å². The average Bonchev–Trinajstić information content (AvgIpc) is 3.16. The molecule has 2 aromatic heterocycles. The van der Waals surface area contributed by atoms with E-state index in [1.165, 1.54) is 14.0 Å². The van der Waals surface area contributed by atoms with Crippen LogP contribution in [0.5, 0.6) is 0 Å². The maximum absolute atomic E-state index is 12.5. The van der Waals surface area contributed by atoms with Gasteiger partial charge in [-0.2, -0.15) is 0 Å². The number of thiophene rings is 1. The van der Waals surface area contributed by atoms with E-state index in [2.05, 4.69) is 11.9 Å². The largest absolute Gasteiger partial charge is 0.354 e. The lowest BCUT2D eigenvalue weighted by atomic mass is 10.2. The first-order valence-electron chi connectivity index (χ1n) is 8.24. The van der Waals surface area contributed by atoms with Crippen molar-refractivity contribution in [3.63, 3.8) is 0 Å². The van der Waals surface area contributed by atoms with Crippen LogP contribution in [0.15, 0.2) is 64.0 Å². The number of carbonyl (C=O) groups excluding carboxylic acids is 1. The molecule has 0 saturated carbocycles. The minimum Gasteiger partial charge on any atom is -0.354 e. The zero-order chi connectivity index (χ0) is 18.5. The smallest absolute Gasteiger partial charge is 0.317 e. The minimum atomic E-state index is -0.709. The van der Waals surface area contributed by atoms with Gasteiger partial charge >= 0.3 is 11.1 Å². The van der Waals surface area contributed by atoms with Gasteiger partial charge in [0.1, 0.15) is 6.54 Å². The SMILES string of the molecule is C=CCn1c(=O)c(=O)n(CC(=O)NCCc2cccs2)c2ccccc21. The number of aromatic nitrogens is 2. The van der Waals surface area contributed by atoms with Crippen molar-refractivity contribution in [1.29, 1.82) is 0 Å². The first kappa shape index (κ1) is 17.9. The predicted molar refractivity (Wildman–Crippen MR) is 104 cm³/mol. The Balaban J connectivity index is 1.85. The average molecular weight is 369 g/mol. The first-order valence-corrected chi connectivity index (χ1v) is 9.12. The van der Waals surface area contributed by atoms with E-state index in [0.717, 1.165) is 6.42 Å². The molecule has 3 aromatic rings. The van der Waals surface area contributed by atoms with Crippen LogP contribution < -0.4 is 16.4 Å². The highest BCUT2D eigenvalue weighted by Crippen LogP contribution is 2.11. The van der Waals surface area contributed by atoms with Crippen LogP contribution in [0.25, 0.3) is 11.0 Å². The van der Waals surface area contributed by atoms with Gasteiger partial charge in [0.25, 0.3) is 0 Å². The van der Waals surface area contributed by atoms with Crippen LogP contribution in [-0.2, 0) is 24.3 Å². The number of nitrogens with zero attached hydrogens (tertiary/aromatic N) is 2. The highest BCUT2D eigenvalue weighted by Gasteiger charge is 2.14. The Morgan fingerprint density at radius 1 is 1.08 bits per heavy atom. The van der Waals surface area contributed by atoms with Crippen LogP contribution in [-0.4, -0.2) is 21.6 Å². The van der Waals surface area contributed by atoms with Crippen LogP contribution in [0.2, 0.25) is 0 Å². The van der Waals surface area contributed by atoms with Crippen molar-refractivity contribution in [3.05, 3.63) is 80.0 Å². The number of para-hydroxylation sites is 2. The molecule has 0 atom stereocenters. The molecule has 0 spiro atoms. The van der Waals surface area contributed by atoms with Gasteiger partial charge in [-0.25, -0.2) is 0 Å². The van der Waals surface area contributed by atoms with E-state index in [1.54, 1.807) is 41.7 Å². The number of rotatable bonds is 7. The molecule has 1 N–H and O–H groups in total. The Kier molecular flexibility index (Phi) is 5.48. The zero-order valence-corrected chi connectivity index (χ0v) is 15.0. The molecule has 0 aliphatic heterocycles. The summed E-state index contributed by atoms with van der Waals surface area (Å²) in [5.41, 5.74) is -0.218. The summed E-state index contributed by atoms with van der Waals surface area (Å²) in [6, 6.07) is 11.0. The molecule has 0 saturated heterocycles. The van der Waals surface area contributed by atoms with Crippen LogP contribution in [0.1, 0.15) is 4.88 Å². The second-order valence-electron chi connectivity index (χ2n) is 5.76. The Hall–Kier alpha value is -2.93. The molecule has 0 radical (unpaired) electrons. The van der Waals surface area contributed by atoms with E-state index in [4.69, 9.17) is 0 Å². The summed E-state index contributed by atoms with van der Waals surface area (Å²) in [5, 5.41) is 4.79. The fraction of sp³-hybridized carbons (Fsp3) is 0.211. The van der Waals surface area contributed by atoms with E-state index in [1.807, 2.05) is 17.5 Å². The molecule has 0 bridgehead atoms. The van der Waals surface area contributed by atoms with Gasteiger partial charge < -0.3 is 5.32 Å². The van der Waals surface area contributed by atoms with Gasteiger partial charge in [-0.15, -0.1) is 17.9 Å². The lowest BCUT2D eigenvalue weighted by molar-refractivity contribution is -0.121. The molecule has 2 heterocycles. The van der Waals surface area contributed by atoms with Gasteiger partial charge in [0.05, 0.1) is 11.0 Å². The molecule has 0 aliphatic carbocycles. The van der Waals surface area contributed by atoms with Crippen LogP contribution >= 0.6 is 11.3 Å². The topological polar surface area (TPSA) is 73.1 Å². The highest BCUT2D eigenvalue weighted by molar-refractivity contribution is 7.09. The number of amides is 1. The fourth-order valence-electron chi connectivity index (χ4n) is 2.82. The fourth-order valence-corrected chi connectivity index (χ4v) is 3.53. The van der Waals surface area contributed by atoms with Crippen LogP contribution in [0.3, 0.4) is 0 Å². The number of carbonyl (C=O) groups is 1. The summed E-state index contributed by atoms with van der Waals surface area (Å²) in [5.74, 6) is -0.297. The molecule has 0 unspecified atom stereocenters. The molecule has 134 valence electrons. The van der Waals surface area contributed by atoms with Crippen molar-refractivity contribution in [2.45, 2.75) is 19.5 Å². The molecular formula is C19H19N3O3S. The third-order valence-electron chi connectivity index (χ3n) is 4.02. The molecule has 6 nitrogen and oxygen atoms in total. The number of hydrogen-bond acceptors (Lipinski definition) is 4. The molecular weight excluding hydrogens is 350 g/mol. The van der Waals surface area contributed by atoms with Crippen molar-refractivity contribution in [1.82, 2.24) is 14.5 Å². The minimum absolute atomic E-state index is 0.187. The lowest BCUT2D eigenvalue weighted by Gasteiger charge is -2.14. The summed E-state index contributed by atoms with van der Waals surface area (Å²) < 4.78 is 2.60. The van der Waals surface area contributed by atoms with Gasteiger partial charge in [-0.05, 0) is 30.0 Å². The molecule has 1 amide bonds. The quantitative estimate of drug-likeness (QED) is 0.510. The first-order chi connectivity index (χ1) is 12.6. The Morgan fingerprint density at radius 3 is 2.42 bits per heavy atom. The van der Waals surface area contributed by atoms with Crippen molar-refractivity contribution >= 4 is 28.3 Å². The van der Waals surface area contributed by atoms with E-state index in [9.17, 15) is 14.4 Å². The molecule has 3 rings (SSSR count). The van der Waals surface area contributed by atoms with Gasteiger partial charge in [0.15, 0.2) is 0 Å². The maximum atomic E-state index is 12.5. The summed E-state index contributed by atoms with van der Waals surface area (Å²) in [4.78, 5) is 38.3. The maximum Gasteiger partial charge on any atom is 0.317 e. The van der Waals surface area contributed by atoms with Crippen molar-refractivity contribution in [2.75, 3.05) is 6.54 Å². The number of nitrogens with one attached hydrogen (secondary N) is 1. The van der Waals surface area contributed by atoms with Gasteiger partial charge in [-0.1, -0.05) is 24.3 Å². The number of hydrogen-bond donors (Lipinski definition) is 1. The molecule has 0 aliphatic rings. The van der Waals surface area contributed by atoms with Crippen LogP contribution in [0, 0.1) is 0 Å². The number of allylic oxidation sites excluding steroid dienone is 1. The standard InChI is InChI=1S/C19H19N3O3S/c1-2-11-21-15-7-3-4-8-16(15)22(19(25)18(21)24)13-17(23)20-10-9-14-6-5-12-26-14/h2-8,12H,1,9-11,13H2,(H,20,23). The Morgan fingerprint density at radius 2 is 1.77 bits per heavy atom. The van der Waals surface area contributed by atoms with E-state index < -0.39 is 11.1 Å². The summed E-state index contributed by atoms with van der Waals surface area (Å²) >= 11 is 1.63. The molecule has 26 heavy (non-hydrogen) atoms. The zero-order valence-electron chi connectivity index (χ0n) is 14.2. The van der Waals surface area contributed by atoms with Crippen LogP contribution in [0.4, 0.5) is 0 Å². The summed E-state index contributed by atoms with van der Waals surface area (Å²) in [6.07, 6.45) is 2.30.